The Labute approximate surface area is 207 Å². The molecule has 0 atom stereocenters. The van der Waals surface area contributed by atoms with Gasteiger partial charge in [-0.05, 0) is 48.5 Å². The first-order valence-corrected chi connectivity index (χ1v) is 12.2. The average molecular weight is 495 g/mol. The topological polar surface area (TPSA) is 105 Å². The second-order valence-electron chi connectivity index (χ2n) is 7.98. The van der Waals surface area contributed by atoms with E-state index in [4.69, 9.17) is 19.6 Å². The number of benzene rings is 1. The second-order valence-corrected chi connectivity index (χ2v) is 8.92. The lowest BCUT2D eigenvalue weighted by atomic mass is 10.1. The molecule has 1 amide bonds. The van der Waals surface area contributed by atoms with Gasteiger partial charge in [-0.25, -0.2) is 0 Å². The van der Waals surface area contributed by atoms with Crippen LogP contribution in [0, 0.1) is 5.41 Å². The van der Waals surface area contributed by atoms with Gasteiger partial charge in [-0.15, -0.1) is 5.10 Å². The summed E-state index contributed by atoms with van der Waals surface area (Å²) >= 11 is 1.32. The number of thioether (sulfide) groups is 1. The van der Waals surface area contributed by atoms with Crippen LogP contribution in [0.3, 0.4) is 0 Å². The fraction of sp³-hybridized carbons (Fsp3) is 0.333. The van der Waals surface area contributed by atoms with Crippen LogP contribution in [0.25, 0.3) is 6.08 Å². The van der Waals surface area contributed by atoms with Crippen molar-refractivity contribution < 1.29 is 19.0 Å². The molecule has 11 heteroatoms. The highest BCUT2D eigenvalue weighted by atomic mass is 32.2. The van der Waals surface area contributed by atoms with Gasteiger partial charge in [0.05, 0.1) is 32.5 Å². The minimum atomic E-state index is -0.431. The normalized spacial score (nSPS) is 19.1. The summed E-state index contributed by atoms with van der Waals surface area (Å²) in [6.07, 6.45) is 4.41. The molecular weight excluding hydrogens is 468 g/mol. The van der Waals surface area contributed by atoms with Crippen molar-refractivity contribution >= 4 is 39.9 Å². The van der Waals surface area contributed by atoms with Crippen molar-refractivity contribution in [3.63, 3.8) is 0 Å². The molecule has 4 heterocycles. The molecule has 1 aromatic carbocycles. The Morgan fingerprint density at radius 1 is 1.14 bits per heavy atom. The molecule has 0 saturated carbocycles. The van der Waals surface area contributed by atoms with E-state index in [9.17, 15) is 4.79 Å². The molecule has 35 heavy (non-hydrogen) atoms. The third-order valence-electron chi connectivity index (χ3n) is 5.75. The molecule has 3 aliphatic heterocycles. The van der Waals surface area contributed by atoms with Gasteiger partial charge in [-0.2, -0.15) is 10.0 Å². The molecule has 5 rings (SSSR count). The number of morpholine rings is 1. The number of nitrogens with zero attached hydrogens (tertiary/aromatic N) is 5. The summed E-state index contributed by atoms with van der Waals surface area (Å²) in [7, 11) is 1.62. The van der Waals surface area contributed by atoms with Crippen LogP contribution in [0.1, 0.15) is 12.1 Å². The molecule has 1 aromatic heterocycles. The number of hydrogen-bond donors (Lipinski definition) is 1. The molecule has 1 saturated heterocycles. The van der Waals surface area contributed by atoms with Crippen molar-refractivity contribution in [1.82, 2.24) is 14.5 Å². The molecular formula is C24H26N6O4S. The molecule has 1 fully saturated rings. The van der Waals surface area contributed by atoms with Crippen molar-refractivity contribution in [2.45, 2.75) is 13.0 Å². The smallest absolute Gasteiger partial charge is 0.283 e. The van der Waals surface area contributed by atoms with E-state index in [1.807, 2.05) is 47.2 Å². The molecule has 2 aromatic rings. The van der Waals surface area contributed by atoms with E-state index in [1.54, 1.807) is 13.2 Å². The van der Waals surface area contributed by atoms with Crippen LogP contribution >= 0.6 is 11.8 Å². The Morgan fingerprint density at radius 3 is 2.74 bits per heavy atom. The van der Waals surface area contributed by atoms with Crippen LogP contribution < -0.4 is 9.47 Å². The molecule has 1 N–H and O–H groups in total. The fourth-order valence-corrected chi connectivity index (χ4v) is 4.87. The summed E-state index contributed by atoms with van der Waals surface area (Å²) in [5, 5.41) is 15.8. The number of aliphatic imine (C=N–C) groups is 1. The van der Waals surface area contributed by atoms with Crippen LogP contribution in [0.2, 0.25) is 0 Å². The number of amidine groups is 3. The zero-order valence-corrected chi connectivity index (χ0v) is 20.2. The number of para-hydroxylation sites is 2. The van der Waals surface area contributed by atoms with Gasteiger partial charge in [0, 0.05) is 31.5 Å². The van der Waals surface area contributed by atoms with Crippen LogP contribution in [0.5, 0.6) is 11.5 Å². The Bertz CT molecular complexity index is 1210. The number of hydrogen-bond acceptors (Lipinski definition) is 8. The summed E-state index contributed by atoms with van der Waals surface area (Å²) in [4.78, 5) is 19.1. The second kappa shape index (κ2) is 10.4. The first kappa shape index (κ1) is 23.2. The first-order chi connectivity index (χ1) is 17.1. The maximum Gasteiger partial charge on any atom is 0.283 e. The van der Waals surface area contributed by atoms with Gasteiger partial charge in [0.15, 0.2) is 22.5 Å². The van der Waals surface area contributed by atoms with E-state index in [0.717, 1.165) is 30.4 Å². The third-order valence-corrected chi connectivity index (χ3v) is 6.72. The molecule has 0 spiro atoms. The molecule has 0 radical (unpaired) electrons. The summed E-state index contributed by atoms with van der Waals surface area (Å²) in [5.74, 6) is 1.01. The number of nitrogens with one attached hydrogen (secondary N) is 1. The Kier molecular flexibility index (Phi) is 6.87. The van der Waals surface area contributed by atoms with E-state index >= 15 is 0 Å². The van der Waals surface area contributed by atoms with Gasteiger partial charge in [-0.1, -0.05) is 12.1 Å². The Balaban J connectivity index is 1.25. The zero-order chi connectivity index (χ0) is 24.2. The largest absolute Gasteiger partial charge is 0.493 e. The highest BCUT2D eigenvalue weighted by Gasteiger charge is 2.37. The van der Waals surface area contributed by atoms with E-state index in [2.05, 4.69) is 15.0 Å². The molecule has 0 unspecified atom stereocenters. The van der Waals surface area contributed by atoms with E-state index < -0.39 is 5.91 Å². The maximum atomic E-state index is 12.8. The number of aryl methyl sites for hydroxylation is 1. The first-order valence-electron chi connectivity index (χ1n) is 11.4. The lowest BCUT2D eigenvalue weighted by Crippen LogP contribution is -2.39. The van der Waals surface area contributed by atoms with Crippen molar-refractivity contribution in [2.75, 3.05) is 40.0 Å². The third kappa shape index (κ3) is 4.96. The average Bonchev–Trinajstić information content (AvgIpc) is 3.52. The molecule has 10 nitrogen and oxygen atoms in total. The molecule has 3 aliphatic rings. The van der Waals surface area contributed by atoms with Gasteiger partial charge in [0.1, 0.15) is 0 Å². The minimum Gasteiger partial charge on any atom is -0.493 e. The van der Waals surface area contributed by atoms with E-state index in [0.29, 0.717) is 43.0 Å². The number of carbonyl (C=O) groups excluding carboxylic acids is 1. The lowest BCUT2D eigenvalue weighted by Gasteiger charge is -2.26. The van der Waals surface area contributed by atoms with Crippen LogP contribution in [-0.4, -0.2) is 76.6 Å². The zero-order valence-electron chi connectivity index (χ0n) is 19.3. The maximum absolute atomic E-state index is 12.8. The summed E-state index contributed by atoms with van der Waals surface area (Å²) < 4.78 is 18.6. The quantitative estimate of drug-likeness (QED) is 0.466. The summed E-state index contributed by atoms with van der Waals surface area (Å²) in [5.41, 5.74) is 1.03. The van der Waals surface area contributed by atoms with Gasteiger partial charge >= 0.3 is 0 Å². The highest BCUT2D eigenvalue weighted by molar-refractivity contribution is 8.26. The van der Waals surface area contributed by atoms with Gasteiger partial charge in [0.2, 0.25) is 5.17 Å². The minimum absolute atomic E-state index is 0.0306. The van der Waals surface area contributed by atoms with Gasteiger partial charge in [0.25, 0.3) is 5.91 Å². The summed E-state index contributed by atoms with van der Waals surface area (Å²) in [6, 6.07) is 11.4. The van der Waals surface area contributed by atoms with Crippen molar-refractivity contribution in [3.05, 3.63) is 53.9 Å². The van der Waals surface area contributed by atoms with E-state index in [-0.39, 0.29) is 11.4 Å². The van der Waals surface area contributed by atoms with Gasteiger partial charge < -0.3 is 23.7 Å². The monoisotopic (exact) mass is 494 g/mol. The fourth-order valence-electron chi connectivity index (χ4n) is 3.93. The number of amides is 1. The number of fused-ring (bicyclic) bond motifs is 1. The SMILES string of the molecule is COc1ccccc1OCCCn1cccc1/C=C1\C(=N)N2N=C(N3CCOCC3)SC2=NC1=O. The van der Waals surface area contributed by atoms with Crippen molar-refractivity contribution in [3.8, 4) is 11.5 Å². The number of ether oxygens (including phenoxy) is 3. The van der Waals surface area contributed by atoms with E-state index in [1.165, 1.54) is 16.8 Å². The van der Waals surface area contributed by atoms with Crippen LogP contribution in [0.4, 0.5) is 0 Å². The Hall–Kier alpha value is -3.57. The van der Waals surface area contributed by atoms with Crippen molar-refractivity contribution in [1.29, 1.82) is 5.41 Å². The standard InChI is InChI=1S/C24H26N6O4S/c1-32-19-7-2-3-8-20(19)34-13-5-10-28-9-4-6-17(28)16-18-21(25)30-23(26-22(18)31)35-24(27-30)29-11-14-33-15-12-29/h2-4,6-9,16,25H,5,10-15H2,1H3/b18-16+,25-21?. The number of carbonyl (C=O) groups is 1. The summed E-state index contributed by atoms with van der Waals surface area (Å²) in [6.45, 7) is 3.93. The highest BCUT2D eigenvalue weighted by Crippen LogP contribution is 2.30. The van der Waals surface area contributed by atoms with Gasteiger partial charge in [-0.3, -0.25) is 10.2 Å². The molecule has 0 bridgehead atoms. The molecule has 0 aliphatic carbocycles. The predicted octanol–water partition coefficient (Wildman–Crippen LogP) is 2.87. The predicted molar refractivity (Wildman–Crippen MR) is 135 cm³/mol. The Morgan fingerprint density at radius 2 is 1.94 bits per heavy atom. The number of hydrazone groups is 1. The molecule has 182 valence electrons. The van der Waals surface area contributed by atoms with Crippen LogP contribution in [-0.2, 0) is 16.1 Å². The van der Waals surface area contributed by atoms with Crippen LogP contribution in [0.15, 0.2) is 58.3 Å². The number of rotatable bonds is 7. The number of methoxy groups -OCH3 is 1. The lowest BCUT2D eigenvalue weighted by molar-refractivity contribution is -0.114. The van der Waals surface area contributed by atoms with Crippen molar-refractivity contribution in [2.24, 2.45) is 10.1 Å². The number of aromatic nitrogens is 1.